The highest BCUT2D eigenvalue weighted by Crippen LogP contribution is 2.23. The molecule has 1 aromatic carbocycles. The first-order valence-electron chi connectivity index (χ1n) is 6.20. The Hall–Kier alpha value is -1.86. The van der Waals surface area contributed by atoms with Crippen molar-refractivity contribution < 1.29 is 19.4 Å². The summed E-state index contributed by atoms with van der Waals surface area (Å²) in [5.41, 5.74) is 1.39. The van der Waals surface area contributed by atoms with Gasteiger partial charge in [0, 0.05) is 11.0 Å². The number of rotatable bonds is 7. The van der Waals surface area contributed by atoms with Crippen molar-refractivity contribution in [1.82, 2.24) is 5.32 Å². The first-order chi connectivity index (χ1) is 9.90. The van der Waals surface area contributed by atoms with E-state index >= 15 is 0 Å². The molecule has 0 fully saturated rings. The molecular weight excluding hydrogens is 340 g/mol. The monoisotopic (exact) mass is 356 g/mol. The van der Waals surface area contributed by atoms with Gasteiger partial charge < -0.3 is 20.5 Å². The average molecular weight is 357 g/mol. The van der Waals surface area contributed by atoms with Crippen LogP contribution in [0.25, 0.3) is 0 Å². The van der Waals surface area contributed by atoms with Gasteiger partial charge >= 0.3 is 12.0 Å². The Morgan fingerprint density at radius 3 is 2.76 bits per heavy atom. The SMILES string of the molecule is C=C(C)COCCNC(=O)Nc1cc(C(=O)O)ccc1Br. The maximum absolute atomic E-state index is 11.7. The molecule has 0 atom stereocenters. The molecule has 0 aliphatic carbocycles. The predicted octanol–water partition coefficient (Wildman–Crippen LogP) is 2.86. The smallest absolute Gasteiger partial charge is 0.335 e. The summed E-state index contributed by atoms with van der Waals surface area (Å²) in [7, 11) is 0. The van der Waals surface area contributed by atoms with Crippen LogP contribution in [-0.2, 0) is 4.74 Å². The number of carbonyl (C=O) groups is 2. The Kier molecular flexibility index (Phi) is 6.90. The fourth-order valence-electron chi connectivity index (χ4n) is 1.40. The van der Waals surface area contributed by atoms with E-state index in [1.807, 2.05) is 6.92 Å². The first-order valence-corrected chi connectivity index (χ1v) is 6.99. The number of carboxylic acids is 1. The summed E-state index contributed by atoms with van der Waals surface area (Å²) in [5, 5.41) is 14.1. The van der Waals surface area contributed by atoms with E-state index in [4.69, 9.17) is 9.84 Å². The van der Waals surface area contributed by atoms with E-state index in [-0.39, 0.29) is 5.56 Å². The molecule has 0 heterocycles. The second kappa shape index (κ2) is 8.43. The highest BCUT2D eigenvalue weighted by atomic mass is 79.9. The summed E-state index contributed by atoms with van der Waals surface area (Å²) in [5.74, 6) is -1.06. The Balaban J connectivity index is 2.45. The third-order valence-electron chi connectivity index (χ3n) is 2.34. The quantitative estimate of drug-likeness (QED) is 0.517. The Morgan fingerprint density at radius 1 is 1.43 bits per heavy atom. The largest absolute Gasteiger partial charge is 0.478 e. The number of urea groups is 1. The van der Waals surface area contributed by atoms with Crippen LogP contribution in [-0.4, -0.2) is 36.9 Å². The molecule has 1 aromatic rings. The standard InChI is InChI=1S/C14H17BrN2O4/c1-9(2)8-21-6-5-16-14(20)17-12-7-10(13(18)19)3-4-11(12)15/h3-4,7H,1,5-6,8H2,2H3,(H,18,19)(H2,16,17,20). The molecule has 3 N–H and O–H groups in total. The molecule has 21 heavy (non-hydrogen) atoms. The van der Waals surface area contributed by atoms with Gasteiger partial charge in [-0.25, -0.2) is 9.59 Å². The lowest BCUT2D eigenvalue weighted by molar-refractivity contribution is 0.0697. The van der Waals surface area contributed by atoms with Crippen LogP contribution >= 0.6 is 15.9 Å². The van der Waals surface area contributed by atoms with E-state index in [0.717, 1.165) is 5.57 Å². The number of hydrogen-bond acceptors (Lipinski definition) is 3. The fourth-order valence-corrected chi connectivity index (χ4v) is 1.75. The van der Waals surface area contributed by atoms with Crippen LogP contribution in [0.4, 0.5) is 10.5 Å². The topological polar surface area (TPSA) is 87.7 Å². The van der Waals surface area contributed by atoms with Gasteiger partial charge in [-0.3, -0.25) is 0 Å². The number of carbonyl (C=O) groups excluding carboxylic acids is 1. The average Bonchev–Trinajstić information content (AvgIpc) is 2.40. The van der Waals surface area contributed by atoms with Crippen LogP contribution in [0, 0.1) is 0 Å². The van der Waals surface area contributed by atoms with E-state index < -0.39 is 12.0 Å². The zero-order chi connectivity index (χ0) is 15.8. The molecule has 0 aromatic heterocycles. The molecule has 0 unspecified atom stereocenters. The van der Waals surface area contributed by atoms with Crippen molar-refractivity contribution in [2.45, 2.75) is 6.92 Å². The second-order valence-electron chi connectivity index (χ2n) is 4.39. The molecule has 0 radical (unpaired) electrons. The van der Waals surface area contributed by atoms with E-state index in [0.29, 0.717) is 29.9 Å². The van der Waals surface area contributed by atoms with Gasteiger partial charge in [0.25, 0.3) is 0 Å². The van der Waals surface area contributed by atoms with E-state index in [9.17, 15) is 9.59 Å². The summed E-state index contributed by atoms with van der Waals surface area (Å²) in [4.78, 5) is 22.6. The maximum Gasteiger partial charge on any atom is 0.335 e. The predicted molar refractivity (Wildman–Crippen MR) is 83.8 cm³/mol. The summed E-state index contributed by atoms with van der Waals surface area (Å²) >= 11 is 3.25. The number of nitrogens with one attached hydrogen (secondary N) is 2. The Bertz CT molecular complexity index is 546. The van der Waals surface area contributed by atoms with Crippen molar-refractivity contribution in [2.24, 2.45) is 0 Å². The Morgan fingerprint density at radius 2 is 2.14 bits per heavy atom. The molecule has 1 rings (SSSR count). The number of benzene rings is 1. The number of hydrogen-bond donors (Lipinski definition) is 3. The third-order valence-corrected chi connectivity index (χ3v) is 3.03. The zero-order valence-corrected chi connectivity index (χ0v) is 13.2. The molecule has 114 valence electrons. The number of ether oxygens (including phenoxy) is 1. The lowest BCUT2D eigenvalue weighted by atomic mass is 10.2. The molecule has 2 amide bonds. The molecule has 0 saturated carbocycles. The van der Waals surface area contributed by atoms with Crippen molar-refractivity contribution in [3.8, 4) is 0 Å². The third kappa shape index (κ3) is 6.42. The molecule has 0 bridgehead atoms. The highest BCUT2D eigenvalue weighted by molar-refractivity contribution is 9.10. The number of amides is 2. The summed E-state index contributed by atoms with van der Waals surface area (Å²) in [6, 6.07) is 3.96. The number of carboxylic acid groups (broad SMARTS) is 1. The van der Waals surface area contributed by atoms with Crippen LogP contribution < -0.4 is 10.6 Å². The van der Waals surface area contributed by atoms with Crippen molar-refractivity contribution in [1.29, 1.82) is 0 Å². The molecular formula is C14H17BrN2O4. The number of halogens is 1. The van der Waals surface area contributed by atoms with Gasteiger partial charge in [-0.05, 0) is 41.1 Å². The number of anilines is 1. The lowest BCUT2D eigenvalue weighted by Gasteiger charge is -2.10. The van der Waals surface area contributed by atoms with Gasteiger partial charge in [-0.15, -0.1) is 0 Å². The fraction of sp³-hybridized carbons (Fsp3) is 0.286. The molecule has 6 nitrogen and oxygen atoms in total. The van der Waals surface area contributed by atoms with Crippen molar-refractivity contribution >= 4 is 33.6 Å². The molecule has 0 aliphatic rings. The van der Waals surface area contributed by atoms with E-state index in [1.165, 1.54) is 12.1 Å². The zero-order valence-electron chi connectivity index (χ0n) is 11.6. The normalized spacial score (nSPS) is 10.0. The Labute approximate surface area is 131 Å². The highest BCUT2D eigenvalue weighted by Gasteiger charge is 2.09. The molecule has 0 aliphatic heterocycles. The lowest BCUT2D eigenvalue weighted by Crippen LogP contribution is -2.31. The van der Waals surface area contributed by atoms with Gasteiger partial charge in [0.15, 0.2) is 0 Å². The minimum Gasteiger partial charge on any atom is -0.478 e. The minimum absolute atomic E-state index is 0.0956. The molecule has 0 spiro atoms. The summed E-state index contributed by atoms with van der Waals surface area (Å²) in [6.45, 7) is 6.72. The van der Waals surface area contributed by atoms with Gasteiger partial charge in [0.05, 0.1) is 24.5 Å². The van der Waals surface area contributed by atoms with E-state index in [2.05, 4.69) is 33.1 Å². The van der Waals surface area contributed by atoms with Crippen molar-refractivity contribution in [3.63, 3.8) is 0 Å². The van der Waals surface area contributed by atoms with Crippen LogP contribution in [0.2, 0.25) is 0 Å². The number of aromatic carboxylic acids is 1. The second-order valence-corrected chi connectivity index (χ2v) is 5.24. The van der Waals surface area contributed by atoms with Crippen LogP contribution in [0.15, 0.2) is 34.8 Å². The van der Waals surface area contributed by atoms with Gasteiger partial charge in [0.2, 0.25) is 0 Å². The summed E-state index contributed by atoms with van der Waals surface area (Å²) < 4.78 is 5.84. The van der Waals surface area contributed by atoms with Crippen LogP contribution in [0.1, 0.15) is 17.3 Å². The van der Waals surface area contributed by atoms with Gasteiger partial charge in [-0.2, -0.15) is 0 Å². The molecule has 7 heteroatoms. The molecule has 0 saturated heterocycles. The van der Waals surface area contributed by atoms with Crippen molar-refractivity contribution in [2.75, 3.05) is 25.1 Å². The van der Waals surface area contributed by atoms with Crippen molar-refractivity contribution in [3.05, 3.63) is 40.4 Å². The van der Waals surface area contributed by atoms with Crippen LogP contribution in [0.5, 0.6) is 0 Å². The van der Waals surface area contributed by atoms with Gasteiger partial charge in [-0.1, -0.05) is 12.2 Å². The van der Waals surface area contributed by atoms with Gasteiger partial charge in [0.1, 0.15) is 0 Å². The first kappa shape index (κ1) is 17.2. The summed E-state index contributed by atoms with van der Waals surface area (Å²) in [6.07, 6.45) is 0. The minimum atomic E-state index is -1.06. The maximum atomic E-state index is 11.7. The van der Waals surface area contributed by atoms with Crippen LogP contribution in [0.3, 0.4) is 0 Å². The van der Waals surface area contributed by atoms with E-state index in [1.54, 1.807) is 6.07 Å².